The number of Topliss-reactive ketones (excluding diaryl/α,β-unsaturated/α-hetero) is 1. The molecule has 0 N–H and O–H groups in total. The van der Waals surface area contributed by atoms with Gasteiger partial charge in [-0.05, 0) is 22.2 Å². The third-order valence-corrected chi connectivity index (χ3v) is 15.9. The number of rotatable bonds is 13. The summed E-state index contributed by atoms with van der Waals surface area (Å²) in [6.07, 6.45) is -0.217. The topological polar surface area (TPSA) is 107 Å². The van der Waals surface area contributed by atoms with Crippen LogP contribution in [0.25, 0.3) is 0 Å². The monoisotopic (exact) mass is 616 g/mol. The van der Waals surface area contributed by atoms with Crippen molar-refractivity contribution in [3.8, 4) is 0 Å². The highest BCUT2D eigenvalue weighted by Gasteiger charge is 2.69. The van der Waals surface area contributed by atoms with E-state index in [-0.39, 0.29) is 61.7 Å². The van der Waals surface area contributed by atoms with E-state index in [0.29, 0.717) is 5.76 Å². The van der Waals surface area contributed by atoms with Gasteiger partial charge in [0, 0.05) is 45.5 Å². The quantitative estimate of drug-likeness (QED) is 0.123. The Morgan fingerprint density at radius 1 is 0.977 bits per heavy atom. The number of allylic oxidation sites excluding steroid dienone is 2. The molecule has 2 bridgehead atoms. The standard InChI is InChI=1S/C33H48O9Si/c1-21(2)43(22(3)4,23(5)6)41-19-32-17-26(27(34)15-28(30(32)38-8)40-20-37-7)33(31(36)42-32)16-25(14-29(33)35)39-18-24-12-10-9-11-13-24/h9-14,21-23,26,28,30H,15-20H2,1-8H3/t26-,28+,30+,32-,33?/m1/s1. The van der Waals surface area contributed by atoms with E-state index in [1.807, 2.05) is 30.3 Å². The van der Waals surface area contributed by atoms with Crippen molar-refractivity contribution in [3.05, 3.63) is 47.7 Å². The Morgan fingerprint density at radius 2 is 1.63 bits per heavy atom. The first-order valence-electron chi connectivity index (χ1n) is 15.3. The molecule has 1 aromatic rings. The number of methoxy groups -OCH3 is 2. The fourth-order valence-electron chi connectivity index (χ4n) is 7.91. The van der Waals surface area contributed by atoms with Gasteiger partial charge in [0.2, 0.25) is 8.32 Å². The number of carbonyl (C=O) groups is 3. The Bertz CT molecular complexity index is 1170. The maximum absolute atomic E-state index is 14.2. The van der Waals surface area contributed by atoms with Crippen LogP contribution in [0.15, 0.2) is 42.2 Å². The first-order valence-corrected chi connectivity index (χ1v) is 17.5. The van der Waals surface area contributed by atoms with E-state index >= 15 is 0 Å². The second-order valence-corrected chi connectivity index (χ2v) is 18.6. The van der Waals surface area contributed by atoms with Crippen LogP contribution in [-0.2, 0) is 49.1 Å². The molecule has 238 valence electrons. The van der Waals surface area contributed by atoms with E-state index in [0.717, 1.165) is 5.56 Å². The van der Waals surface area contributed by atoms with Gasteiger partial charge in [0.1, 0.15) is 36.5 Å². The summed E-state index contributed by atoms with van der Waals surface area (Å²) in [6, 6.07) is 9.57. The van der Waals surface area contributed by atoms with Crippen molar-refractivity contribution in [2.45, 2.75) is 102 Å². The second-order valence-electron chi connectivity index (χ2n) is 13.2. The third-order valence-electron chi connectivity index (χ3n) is 9.83. The van der Waals surface area contributed by atoms with E-state index < -0.39 is 49.2 Å². The van der Waals surface area contributed by atoms with Crippen LogP contribution in [0.2, 0.25) is 16.6 Å². The van der Waals surface area contributed by atoms with Crippen molar-refractivity contribution in [2.75, 3.05) is 27.6 Å². The van der Waals surface area contributed by atoms with Crippen LogP contribution in [0.5, 0.6) is 0 Å². The fourth-order valence-corrected chi connectivity index (χ4v) is 13.4. The summed E-state index contributed by atoms with van der Waals surface area (Å²) in [5, 5.41) is 0. The minimum atomic E-state index is -2.42. The molecule has 1 spiro atoms. The van der Waals surface area contributed by atoms with Gasteiger partial charge >= 0.3 is 5.97 Å². The van der Waals surface area contributed by atoms with Crippen molar-refractivity contribution in [1.82, 2.24) is 0 Å². The number of esters is 1. The van der Waals surface area contributed by atoms with E-state index in [2.05, 4.69) is 41.5 Å². The molecule has 5 atom stereocenters. The Morgan fingerprint density at radius 3 is 2.21 bits per heavy atom. The van der Waals surface area contributed by atoms with Gasteiger partial charge in [0.05, 0.1) is 12.7 Å². The van der Waals surface area contributed by atoms with Crippen LogP contribution in [0.1, 0.15) is 66.4 Å². The van der Waals surface area contributed by atoms with Crippen molar-refractivity contribution in [2.24, 2.45) is 11.3 Å². The summed E-state index contributed by atoms with van der Waals surface area (Å²) >= 11 is 0. The fraction of sp³-hybridized carbons (Fsp3) is 0.667. The molecular weight excluding hydrogens is 568 g/mol. The summed E-state index contributed by atoms with van der Waals surface area (Å²) in [6.45, 7) is 13.3. The summed E-state index contributed by atoms with van der Waals surface area (Å²) in [4.78, 5) is 42.0. The summed E-state index contributed by atoms with van der Waals surface area (Å²) in [7, 11) is 0.603. The molecule has 10 heteroatoms. The van der Waals surface area contributed by atoms with Crippen LogP contribution in [0.4, 0.5) is 0 Å². The minimum absolute atomic E-state index is 0.0330. The maximum atomic E-state index is 14.2. The SMILES string of the molecule is COCO[C@H]1CC(=O)[C@H]2C[C@](CO[Si](C(C)C)(C(C)C)C(C)C)(OC(=O)C23CC(OCc2ccccc2)=CC3=O)[C@H]1OC. The molecule has 0 aromatic heterocycles. The molecule has 1 saturated carbocycles. The molecule has 1 heterocycles. The van der Waals surface area contributed by atoms with Gasteiger partial charge in [-0.2, -0.15) is 0 Å². The first kappa shape index (κ1) is 33.5. The van der Waals surface area contributed by atoms with Crippen molar-refractivity contribution >= 4 is 25.9 Å². The molecule has 2 fully saturated rings. The summed E-state index contributed by atoms with van der Waals surface area (Å²) in [5.41, 5.74) is -1.25. The number of hydrogen-bond acceptors (Lipinski definition) is 9. The number of ketones is 2. The number of ether oxygens (including phenoxy) is 5. The Kier molecular flexibility index (Phi) is 10.4. The van der Waals surface area contributed by atoms with E-state index in [4.69, 9.17) is 28.1 Å². The predicted octanol–water partition coefficient (Wildman–Crippen LogP) is 5.52. The Balaban J connectivity index is 1.71. The molecule has 9 nitrogen and oxygen atoms in total. The van der Waals surface area contributed by atoms with E-state index in [1.165, 1.54) is 20.3 Å². The molecule has 0 radical (unpaired) electrons. The summed E-state index contributed by atoms with van der Waals surface area (Å²) < 4.78 is 36.5. The molecule has 1 unspecified atom stereocenters. The van der Waals surface area contributed by atoms with E-state index in [1.54, 1.807) is 0 Å². The first-order chi connectivity index (χ1) is 20.4. The Hall–Kier alpha value is -2.37. The second kappa shape index (κ2) is 13.3. The molecule has 2 aliphatic carbocycles. The van der Waals surface area contributed by atoms with Crippen LogP contribution >= 0.6 is 0 Å². The molecule has 43 heavy (non-hydrogen) atoms. The number of benzene rings is 1. The smallest absolute Gasteiger partial charge is 0.321 e. The third kappa shape index (κ3) is 6.01. The lowest BCUT2D eigenvalue weighted by atomic mass is 9.64. The zero-order valence-electron chi connectivity index (χ0n) is 26.8. The van der Waals surface area contributed by atoms with Crippen LogP contribution in [-0.4, -0.2) is 71.3 Å². The lowest BCUT2D eigenvalue weighted by Gasteiger charge is -2.51. The lowest BCUT2D eigenvalue weighted by Crippen LogP contribution is -2.65. The van der Waals surface area contributed by atoms with Crippen LogP contribution < -0.4 is 0 Å². The van der Waals surface area contributed by atoms with Gasteiger partial charge in [-0.3, -0.25) is 14.4 Å². The molecule has 1 aromatic carbocycles. The zero-order valence-corrected chi connectivity index (χ0v) is 27.8. The zero-order chi connectivity index (χ0) is 31.6. The highest BCUT2D eigenvalue weighted by molar-refractivity contribution is 6.77. The normalized spacial score (nSPS) is 29.4. The molecule has 0 amide bonds. The van der Waals surface area contributed by atoms with Gasteiger partial charge in [0.25, 0.3) is 0 Å². The van der Waals surface area contributed by atoms with Gasteiger partial charge in [-0.1, -0.05) is 71.9 Å². The van der Waals surface area contributed by atoms with Gasteiger partial charge in [-0.15, -0.1) is 0 Å². The maximum Gasteiger partial charge on any atom is 0.321 e. The van der Waals surface area contributed by atoms with Gasteiger partial charge in [-0.25, -0.2) is 0 Å². The summed E-state index contributed by atoms with van der Waals surface area (Å²) in [5.74, 6) is -2.02. The number of carbonyl (C=O) groups excluding carboxylic acids is 3. The van der Waals surface area contributed by atoms with Gasteiger partial charge in [0.15, 0.2) is 11.4 Å². The molecule has 1 saturated heterocycles. The van der Waals surface area contributed by atoms with Crippen molar-refractivity contribution in [1.29, 1.82) is 0 Å². The van der Waals surface area contributed by atoms with Crippen LogP contribution in [0.3, 0.4) is 0 Å². The molecular formula is C33H48O9Si. The predicted molar refractivity (Wildman–Crippen MR) is 162 cm³/mol. The lowest BCUT2D eigenvalue weighted by molar-refractivity contribution is -0.232. The van der Waals surface area contributed by atoms with Crippen molar-refractivity contribution < 1.29 is 42.5 Å². The highest BCUT2D eigenvalue weighted by atomic mass is 28.4. The average molecular weight is 617 g/mol. The largest absolute Gasteiger partial charge is 0.493 e. The number of hydrogen-bond donors (Lipinski definition) is 0. The Labute approximate surface area is 256 Å². The molecule has 4 rings (SSSR count). The molecule has 1 aliphatic heterocycles. The average Bonchev–Trinajstić information content (AvgIpc) is 3.24. The van der Waals surface area contributed by atoms with E-state index in [9.17, 15) is 14.4 Å². The molecule has 3 aliphatic rings. The van der Waals surface area contributed by atoms with Crippen LogP contribution in [0, 0.1) is 11.3 Å². The van der Waals surface area contributed by atoms with Gasteiger partial charge < -0.3 is 28.1 Å². The highest BCUT2D eigenvalue weighted by Crippen LogP contribution is 2.55. The number of fused-ring (bicyclic) bond motifs is 3. The minimum Gasteiger partial charge on any atom is -0.493 e. The van der Waals surface area contributed by atoms with Crippen molar-refractivity contribution in [3.63, 3.8) is 0 Å².